The average Bonchev–Trinajstić information content (AvgIpc) is 2.66. The molecular formula is C19H19FN2O4. The molecular weight excluding hydrogens is 339 g/mol. The maximum absolute atomic E-state index is 13.5. The lowest BCUT2D eigenvalue weighted by molar-refractivity contribution is -0.131. The molecule has 0 bridgehead atoms. The predicted octanol–water partition coefficient (Wildman–Crippen LogP) is 2.46. The van der Waals surface area contributed by atoms with E-state index in [9.17, 15) is 14.0 Å². The first kappa shape index (κ1) is 19.0. The summed E-state index contributed by atoms with van der Waals surface area (Å²) in [5.41, 5.74) is 5.17. The first-order valence-electron chi connectivity index (χ1n) is 7.83. The number of carbonyl (C=O) groups is 2. The van der Waals surface area contributed by atoms with E-state index in [0.29, 0.717) is 11.3 Å². The van der Waals surface area contributed by atoms with Gasteiger partial charge in [-0.15, -0.1) is 0 Å². The number of hydrogen-bond acceptors (Lipinski definition) is 4. The van der Waals surface area contributed by atoms with Gasteiger partial charge < -0.3 is 9.47 Å². The van der Waals surface area contributed by atoms with Crippen LogP contribution in [0.15, 0.2) is 54.6 Å². The molecule has 0 spiro atoms. The summed E-state index contributed by atoms with van der Waals surface area (Å²) in [7, 11) is 1.53. The van der Waals surface area contributed by atoms with Gasteiger partial charge in [-0.1, -0.05) is 30.3 Å². The van der Waals surface area contributed by atoms with Crippen molar-refractivity contribution in [2.24, 2.45) is 0 Å². The summed E-state index contributed by atoms with van der Waals surface area (Å²) in [6.45, 7) is 1.44. The molecule has 6 nitrogen and oxygen atoms in total. The van der Waals surface area contributed by atoms with Gasteiger partial charge in [0.15, 0.2) is 17.7 Å². The lowest BCUT2D eigenvalue weighted by Gasteiger charge is -2.15. The molecule has 0 saturated heterocycles. The van der Waals surface area contributed by atoms with Crippen LogP contribution in [0.2, 0.25) is 0 Å². The van der Waals surface area contributed by atoms with Crippen LogP contribution in [0.5, 0.6) is 11.5 Å². The lowest BCUT2D eigenvalue weighted by Crippen LogP contribution is -2.46. The third kappa shape index (κ3) is 5.34. The highest BCUT2D eigenvalue weighted by molar-refractivity contribution is 5.93. The number of benzene rings is 2. The quantitative estimate of drug-likeness (QED) is 0.614. The van der Waals surface area contributed by atoms with Crippen LogP contribution in [0, 0.1) is 5.82 Å². The van der Waals surface area contributed by atoms with Crippen molar-refractivity contribution < 1.29 is 23.5 Å². The molecule has 136 valence electrons. The fourth-order valence-corrected chi connectivity index (χ4v) is 2.02. The third-order valence-corrected chi connectivity index (χ3v) is 3.37. The number of amides is 2. The third-order valence-electron chi connectivity index (χ3n) is 3.37. The minimum Gasteiger partial charge on any atom is -0.496 e. The molecule has 0 aliphatic carbocycles. The Morgan fingerprint density at radius 3 is 2.38 bits per heavy atom. The number of carbonyl (C=O) groups excluding carboxylic acids is 2. The summed E-state index contributed by atoms with van der Waals surface area (Å²) in [5.74, 6) is -1.16. The summed E-state index contributed by atoms with van der Waals surface area (Å²) in [6, 6.07) is 12.9. The average molecular weight is 358 g/mol. The van der Waals surface area contributed by atoms with Gasteiger partial charge in [-0.05, 0) is 31.2 Å². The van der Waals surface area contributed by atoms with Crippen LogP contribution < -0.4 is 20.3 Å². The zero-order valence-electron chi connectivity index (χ0n) is 14.4. The second kappa shape index (κ2) is 9.22. The number of ether oxygens (including phenoxy) is 2. The van der Waals surface area contributed by atoms with E-state index in [1.54, 1.807) is 24.3 Å². The summed E-state index contributed by atoms with van der Waals surface area (Å²) in [5, 5.41) is 0. The van der Waals surface area contributed by atoms with Gasteiger partial charge in [-0.25, -0.2) is 4.39 Å². The molecule has 0 saturated carbocycles. The Labute approximate surface area is 150 Å². The van der Waals surface area contributed by atoms with E-state index in [2.05, 4.69) is 10.9 Å². The lowest BCUT2D eigenvalue weighted by atomic mass is 10.2. The van der Waals surface area contributed by atoms with Crippen molar-refractivity contribution in [3.8, 4) is 11.5 Å². The van der Waals surface area contributed by atoms with E-state index in [1.807, 2.05) is 12.1 Å². The number of nitrogens with one attached hydrogen (secondary N) is 2. The number of hydrogen-bond donors (Lipinski definition) is 2. The van der Waals surface area contributed by atoms with E-state index in [-0.39, 0.29) is 5.75 Å². The first-order valence-corrected chi connectivity index (χ1v) is 7.83. The molecule has 2 aromatic rings. The van der Waals surface area contributed by atoms with Crippen LogP contribution in [-0.2, 0) is 9.59 Å². The highest BCUT2D eigenvalue weighted by Gasteiger charge is 2.16. The van der Waals surface area contributed by atoms with Gasteiger partial charge in [0.05, 0.1) is 7.11 Å². The maximum atomic E-state index is 13.5. The molecule has 0 fully saturated rings. The topological polar surface area (TPSA) is 76.7 Å². The molecule has 0 aliphatic heterocycles. The second-order valence-electron chi connectivity index (χ2n) is 5.24. The molecule has 0 radical (unpaired) electrons. The zero-order valence-corrected chi connectivity index (χ0v) is 14.4. The second-order valence-corrected chi connectivity index (χ2v) is 5.24. The minimum absolute atomic E-state index is 0.0439. The van der Waals surface area contributed by atoms with E-state index < -0.39 is 23.7 Å². The normalized spacial score (nSPS) is 11.7. The Balaban J connectivity index is 1.85. The van der Waals surface area contributed by atoms with Crippen LogP contribution in [-0.4, -0.2) is 25.0 Å². The highest BCUT2D eigenvalue weighted by Crippen LogP contribution is 2.18. The zero-order chi connectivity index (χ0) is 18.9. The van der Waals surface area contributed by atoms with Crippen LogP contribution in [0.25, 0.3) is 6.08 Å². The number of rotatable bonds is 6. The van der Waals surface area contributed by atoms with Crippen molar-refractivity contribution in [1.82, 2.24) is 10.9 Å². The predicted molar refractivity (Wildman–Crippen MR) is 94.8 cm³/mol. The summed E-state index contributed by atoms with van der Waals surface area (Å²) < 4.78 is 23.9. The molecule has 0 heterocycles. The SMILES string of the molecule is COc1ccccc1/C=C/C(=O)NNC(=O)[C@@H](C)Oc1ccccc1F. The molecule has 2 aromatic carbocycles. The van der Waals surface area contributed by atoms with E-state index in [0.717, 1.165) is 0 Å². The van der Waals surface area contributed by atoms with Crippen molar-refractivity contribution in [3.05, 3.63) is 66.0 Å². The smallest absolute Gasteiger partial charge is 0.279 e. The fourth-order valence-electron chi connectivity index (χ4n) is 2.02. The summed E-state index contributed by atoms with van der Waals surface area (Å²) in [6.07, 6.45) is 1.81. The number of halogens is 1. The fraction of sp³-hybridized carbons (Fsp3) is 0.158. The Kier molecular flexibility index (Phi) is 6.73. The molecule has 2 rings (SSSR count). The molecule has 7 heteroatoms. The van der Waals surface area contributed by atoms with Gasteiger partial charge in [-0.2, -0.15) is 0 Å². The largest absolute Gasteiger partial charge is 0.496 e. The van der Waals surface area contributed by atoms with Gasteiger partial charge in [0.25, 0.3) is 11.8 Å². The van der Waals surface area contributed by atoms with Crippen molar-refractivity contribution in [2.75, 3.05) is 7.11 Å². The monoisotopic (exact) mass is 358 g/mol. The molecule has 0 unspecified atom stereocenters. The Bertz CT molecular complexity index is 808. The summed E-state index contributed by atoms with van der Waals surface area (Å²) in [4.78, 5) is 23.7. The maximum Gasteiger partial charge on any atom is 0.279 e. The van der Waals surface area contributed by atoms with Gasteiger partial charge in [0.1, 0.15) is 5.75 Å². The molecule has 2 N–H and O–H groups in total. The molecule has 1 atom stereocenters. The molecule has 26 heavy (non-hydrogen) atoms. The first-order chi connectivity index (χ1) is 12.5. The number of para-hydroxylation sites is 2. The van der Waals surface area contributed by atoms with Gasteiger partial charge in [-0.3, -0.25) is 20.4 Å². The van der Waals surface area contributed by atoms with Crippen molar-refractivity contribution >= 4 is 17.9 Å². The molecule has 0 aliphatic rings. The number of methoxy groups -OCH3 is 1. The van der Waals surface area contributed by atoms with Crippen LogP contribution in [0.1, 0.15) is 12.5 Å². The molecule has 0 aromatic heterocycles. The van der Waals surface area contributed by atoms with E-state index in [1.165, 1.54) is 38.3 Å². The minimum atomic E-state index is -0.995. The van der Waals surface area contributed by atoms with Gasteiger partial charge >= 0.3 is 0 Å². The van der Waals surface area contributed by atoms with Gasteiger partial charge in [0.2, 0.25) is 0 Å². The Morgan fingerprint density at radius 1 is 1.04 bits per heavy atom. The van der Waals surface area contributed by atoms with Crippen LogP contribution >= 0.6 is 0 Å². The van der Waals surface area contributed by atoms with Crippen LogP contribution in [0.4, 0.5) is 4.39 Å². The summed E-state index contributed by atoms with van der Waals surface area (Å²) >= 11 is 0. The van der Waals surface area contributed by atoms with Gasteiger partial charge in [0, 0.05) is 11.6 Å². The van der Waals surface area contributed by atoms with E-state index in [4.69, 9.17) is 9.47 Å². The molecule has 2 amide bonds. The van der Waals surface area contributed by atoms with Crippen molar-refractivity contribution in [3.63, 3.8) is 0 Å². The number of hydrazine groups is 1. The standard InChI is InChI=1S/C19H19FN2O4/c1-13(26-17-10-6-4-8-15(17)20)19(24)22-21-18(23)12-11-14-7-3-5-9-16(14)25-2/h3-13H,1-2H3,(H,21,23)(H,22,24)/b12-11+/t13-/m1/s1. The Morgan fingerprint density at radius 2 is 1.69 bits per heavy atom. The van der Waals surface area contributed by atoms with Crippen molar-refractivity contribution in [2.45, 2.75) is 13.0 Å². The van der Waals surface area contributed by atoms with Crippen LogP contribution in [0.3, 0.4) is 0 Å². The highest BCUT2D eigenvalue weighted by atomic mass is 19.1. The van der Waals surface area contributed by atoms with E-state index >= 15 is 0 Å². The Hall–Kier alpha value is -3.35. The van der Waals surface area contributed by atoms with Crippen molar-refractivity contribution in [1.29, 1.82) is 0 Å².